The Morgan fingerprint density at radius 3 is 2.26 bits per heavy atom. The lowest BCUT2D eigenvalue weighted by Gasteiger charge is -2.38. The molecular formula is C24H54N2O6Si2. The standard InChI is InChI=1S/C24H54N2O6Si2/c1-9-25(10-2)19-23(21-29-15-13-17-33(7,27-5)28-6)31-34(8)18-14-16-30-22-24(32-34)20-26(11-3)12-4/h23-24H,9-22H2,1-8H3. The van der Waals surface area contributed by atoms with Crippen molar-refractivity contribution in [3.05, 3.63) is 0 Å². The summed E-state index contributed by atoms with van der Waals surface area (Å²) in [6, 6.07) is 1.87. The zero-order valence-corrected chi connectivity index (χ0v) is 25.4. The lowest BCUT2D eigenvalue weighted by molar-refractivity contribution is -0.0292. The summed E-state index contributed by atoms with van der Waals surface area (Å²) in [5, 5.41) is 0. The highest BCUT2D eigenvalue weighted by Crippen LogP contribution is 2.24. The molecule has 0 spiro atoms. The monoisotopic (exact) mass is 522 g/mol. The first-order chi connectivity index (χ1) is 16.3. The molecule has 10 heteroatoms. The molecule has 1 fully saturated rings. The minimum Gasteiger partial charge on any atom is -0.398 e. The van der Waals surface area contributed by atoms with Gasteiger partial charge in [-0.3, -0.25) is 0 Å². The molecule has 1 heterocycles. The highest BCUT2D eigenvalue weighted by atomic mass is 28.4. The van der Waals surface area contributed by atoms with Crippen LogP contribution in [0.3, 0.4) is 0 Å². The maximum Gasteiger partial charge on any atom is 0.335 e. The van der Waals surface area contributed by atoms with Crippen LogP contribution in [0.5, 0.6) is 0 Å². The topological polar surface area (TPSA) is 61.9 Å². The summed E-state index contributed by atoms with van der Waals surface area (Å²) in [5.74, 6) is 0. The van der Waals surface area contributed by atoms with E-state index in [0.29, 0.717) is 19.8 Å². The molecule has 1 saturated heterocycles. The summed E-state index contributed by atoms with van der Waals surface area (Å²) in [7, 11) is -0.954. The van der Waals surface area contributed by atoms with Crippen LogP contribution in [0.15, 0.2) is 0 Å². The van der Waals surface area contributed by atoms with Crippen LogP contribution < -0.4 is 0 Å². The van der Waals surface area contributed by atoms with Crippen LogP contribution in [0.2, 0.25) is 25.2 Å². The maximum atomic E-state index is 6.85. The summed E-state index contributed by atoms with van der Waals surface area (Å²) in [5.41, 5.74) is 0. The number of ether oxygens (including phenoxy) is 2. The summed E-state index contributed by atoms with van der Waals surface area (Å²) in [6.07, 6.45) is 1.96. The highest BCUT2D eigenvalue weighted by Gasteiger charge is 2.39. The minimum atomic E-state index is -2.39. The highest BCUT2D eigenvalue weighted by molar-refractivity contribution is 6.66. The Balaban J connectivity index is 2.77. The molecule has 0 aromatic carbocycles. The fraction of sp³-hybridized carbons (Fsp3) is 1.00. The average Bonchev–Trinajstić information content (AvgIpc) is 2.83. The second-order valence-corrected chi connectivity index (χ2v) is 16.3. The fourth-order valence-corrected chi connectivity index (χ4v) is 8.48. The van der Waals surface area contributed by atoms with E-state index in [1.54, 1.807) is 14.2 Å². The zero-order chi connectivity index (χ0) is 25.5. The van der Waals surface area contributed by atoms with Crippen LogP contribution in [0, 0.1) is 0 Å². The second-order valence-electron chi connectivity index (χ2n) is 9.48. The summed E-state index contributed by atoms with van der Waals surface area (Å²) in [6.45, 7) is 21.6. The van der Waals surface area contributed by atoms with E-state index in [1.165, 1.54) is 0 Å². The first-order valence-corrected chi connectivity index (χ1v) is 18.4. The van der Waals surface area contributed by atoms with Gasteiger partial charge in [0.1, 0.15) is 0 Å². The third kappa shape index (κ3) is 12.4. The van der Waals surface area contributed by atoms with Gasteiger partial charge in [0, 0.05) is 40.5 Å². The number of hydrogen-bond acceptors (Lipinski definition) is 8. The predicted octanol–water partition coefficient (Wildman–Crippen LogP) is 3.70. The predicted molar refractivity (Wildman–Crippen MR) is 143 cm³/mol. The summed E-state index contributed by atoms with van der Waals surface area (Å²) >= 11 is 0. The average molecular weight is 523 g/mol. The Kier molecular flexibility index (Phi) is 16.6. The lowest BCUT2D eigenvalue weighted by atomic mass is 10.3. The molecule has 1 rings (SSSR count). The van der Waals surface area contributed by atoms with Gasteiger partial charge in [0.25, 0.3) is 0 Å². The summed E-state index contributed by atoms with van der Waals surface area (Å²) < 4.78 is 36.8. The number of likely N-dealkylation sites (N-methyl/N-ethyl adjacent to an activating group) is 2. The van der Waals surface area contributed by atoms with Crippen molar-refractivity contribution in [2.75, 3.05) is 79.9 Å². The lowest BCUT2D eigenvalue weighted by Crippen LogP contribution is -2.52. The molecule has 3 unspecified atom stereocenters. The molecule has 3 atom stereocenters. The van der Waals surface area contributed by atoms with Crippen LogP contribution >= 0.6 is 0 Å². The maximum absolute atomic E-state index is 6.85. The van der Waals surface area contributed by atoms with Gasteiger partial charge in [0.05, 0.1) is 25.4 Å². The van der Waals surface area contributed by atoms with E-state index in [2.05, 4.69) is 50.6 Å². The van der Waals surface area contributed by atoms with Crippen LogP contribution in [-0.2, 0) is 27.2 Å². The van der Waals surface area contributed by atoms with Crippen LogP contribution in [-0.4, -0.2) is 119 Å². The number of hydrogen-bond donors (Lipinski definition) is 0. The van der Waals surface area contributed by atoms with Crippen molar-refractivity contribution >= 4 is 17.1 Å². The zero-order valence-electron chi connectivity index (χ0n) is 23.4. The van der Waals surface area contributed by atoms with Crippen molar-refractivity contribution in [2.24, 2.45) is 0 Å². The Morgan fingerprint density at radius 1 is 1.03 bits per heavy atom. The molecule has 0 radical (unpaired) electrons. The second kappa shape index (κ2) is 17.5. The first-order valence-electron chi connectivity index (χ1n) is 13.3. The largest absolute Gasteiger partial charge is 0.398 e. The minimum absolute atomic E-state index is 0.000469. The van der Waals surface area contributed by atoms with Crippen molar-refractivity contribution in [1.29, 1.82) is 0 Å². The van der Waals surface area contributed by atoms with E-state index in [-0.39, 0.29) is 12.2 Å². The van der Waals surface area contributed by atoms with Gasteiger partial charge < -0.3 is 37.0 Å². The molecule has 1 aliphatic rings. The number of nitrogens with zero attached hydrogens (tertiary/aromatic N) is 2. The molecule has 0 bridgehead atoms. The molecule has 1 aliphatic heterocycles. The summed E-state index contributed by atoms with van der Waals surface area (Å²) in [4.78, 5) is 4.81. The quantitative estimate of drug-likeness (QED) is 0.199. The van der Waals surface area contributed by atoms with Crippen LogP contribution in [0.1, 0.15) is 40.5 Å². The van der Waals surface area contributed by atoms with Gasteiger partial charge >= 0.3 is 17.1 Å². The third-order valence-electron chi connectivity index (χ3n) is 6.85. The van der Waals surface area contributed by atoms with Gasteiger partial charge in [-0.2, -0.15) is 0 Å². The van der Waals surface area contributed by atoms with Gasteiger partial charge in [0.2, 0.25) is 0 Å². The normalized spacial score (nSPS) is 23.3. The van der Waals surface area contributed by atoms with E-state index in [0.717, 1.165) is 70.8 Å². The fourth-order valence-electron chi connectivity index (χ4n) is 4.35. The van der Waals surface area contributed by atoms with Crippen molar-refractivity contribution in [1.82, 2.24) is 9.80 Å². The molecule has 0 aromatic rings. The molecule has 0 aromatic heterocycles. The van der Waals surface area contributed by atoms with Crippen LogP contribution in [0.4, 0.5) is 0 Å². The van der Waals surface area contributed by atoms with Gasteiger partial charge in [0.15, 0.2) is 0 Å². The Bertz CT molecular complexity index is 510. The Morgan fingerprint density at radius 2 is 1.68 bits per heavy atom. The molecule has 8 nitrogen and oxygen atoms in total. The van der Waals surface area contributed by atoms with Gasteiger partial charge in [-0.1, -0.05) is 27.7 Å². The molecule has 0 amide bonds. The Labute approximate surface area is 212 Å². The van der Waals surface area contributed by atoms with E-state index < -0.39 is 17.1 Å². The Hall–Kier alpha value is 0.114. The molecule has 204 valence electrons. The molecule has 0 N–H and O–H groups in total. The van der Waals surface area contributed by atoms with Crippen molar-refractivity contribution in [2.45, 2.75) is 77.9 Å². The van der Waals surface area contributed by atoms with Crippen molar-refractivity contribution in [3.63, 3.8) is 0 Å². The van der Waals surface area contributed by atoms with E-state index in [9.17, 15) is 0 Å². The molecule has 0 saturated carbocycles. The SMILES string of the molecule is CCN(CC)CC(COCCC[Si](C)(OC)OC)O[Si]1(C)CCCOCC(CN(CC)CC)O1. The van der Waals surface area contributed by atoms with E-state index in [1.807, 2.05) is 0 Å². The molecular weight excluding hydrogens is 468 g/mol. The third-order valence-corrected chi connectivity index (χ3v) is 12.8. The van der Waals surface area contributed by atoms with Gasteiger partial charge in [-0.05, 0) is 64.2 Å². The first kappa shape index (κ1) is 32.1. The van der Waals surface area contributed by atoms with Crippen molar-refractivity contribution in [3.8, 4) is 0 Å². The van der Waals surface area contributed by atoms with Gasteiger partial charge in [-0.15, -0.1) is 0 Å². The van der Waals surface area contributed by atoms with Crippen molar-refractivity contribution < 1.29 is 27.2 Å². The molecule has 34 heavy (non-hydrogen) atoms. The van der Waals surface area contributed by atoms with Gasteiger partial charge in [-0.25, -0.2) is 0 Å². The van der Waals surface area contributed by atoms with Crippen LogP contribution in [0.25, 0.3) is 0 Å². The van der Waals surface area contributed by atoms with E-state index in [4.69, 9.17) is 27.2 Å². The smallest absolute Gasteiger partial charge is 0.335 e. The number of rotatable bonds is 18. The molecule has 0 aliphatic carbocycles. The van der Waals surface area contributed by atoms with E-state index >= 15 is 0 Å².